The number of thiocarbonyl (C=S) groups is 1. The van der Waals surface area contributed by atoms with Gasteiger partial charge in [0, 0.05) is 38.1 Å². The van der Waals surface area contributed by atoms with Crippen molar-refractivity contribution < 1.29 is 4.39 Å². The van der Waals surface area contributed by atoms with Gasteiger partial charge in [0.25, 0.3) is 0 Å². The average molecular weight is 343 g/mol. The molecule has 5 nitrogen and oxygen atoms in total. The summed E-state index contributed by atoms with van der Waals surface area (Å²) in [5.74, 6) is -0.214. The Morgan fingerprint density at radius 2 is 1.88 bits per heavy atom. The molecule has 24 heavy (non-hydrogen) atoms. The minimum absolute atomic E-state index is 0.214. The van der Waals surface area contributed by atoms with Crippen LogP contribution in [-0.2, 0) is 0 Å². The van der Waals surface area contributed by atoms with Gasteiger partial charge in [-0.15, -0.1) is 0 Å². The Hall–Kier alpha value is -2.54. The van der Waals surface area contributed by atoms with Gasteiger partial charge in [-0.25, -0.2) is 4.39 Å². The number of hydrogen-bond acceptors (Lipinski definition) is 4. The first-order valence-corrected chi connectivity index (χ1v) is 8.13. The normalized spacial score (nSPS) is 14.9. The van der Waals surface area contributed by atoms with E-state index in [-0.39, 0.29) is 5.82 Å². The maximum atomic E-state index is 13.0. The molecule has 1 N–H and O–H groups in total. The van der Waals surface area contributed by atoms with Crippen molar-refractivity contribution in [1.82, 2.24) is 15.3 Å². The topological polar surface area (TPSA) is 43.8 Å². The molecule has 0 spiro atoms. The van der Waals surface area contributed by atoms with Crippen LogP contribution < -0.4 is 10.3 Å². The van der Waals surface area contributed by atoms with Crippen molar-refractivity contribution in [3.63, 3.8) is 0 Å². The number of benzene rings is 1. The van der Waals surface area contributed by atoms with E-state index in [0.717, 1.165) is 37.6 Å². The Morgan fingerprint density at radius 1 is 1.12 bits per heavy atom. The largest absolute Gasteiger partial charge is 0.368 e. The molecular weight excluding hydrogens is 325 g/mol. The number of nitrogens with one attached hydrogen (secondary N) is 1. The van der Waals surface area contributed by atoms with Crippen LogP contribution in [0, 0.1) is 5.82 Å². The predicted molar refractivity (Wildman–Crippen MR) is 97.8 cm³/mol. The smallest absolute Gasteiger partial charge is 0.189 e. The van der Waals surface area contributed by atoms with E-state index in [2.05, 4.69) is 25.3 Å². The molecule has 0 radical (unpaired) electrons. The van der Waals surface area contributed by atoms with Crippen LogP contribution in [0.1, 0.15) is 5.69 Å². The lowest BCUT2D eigenvalue weighted by Crippen LogP contribution is -2.51. The van der Waals surface area contributed by atoms with E-state index >= 15 is 0 Å². The number of rotatable bonds is 3. The Bertz CT molecular complexity index is 697. The molecule has 1 aromatic heterocycles. The first kappa shape index (κ1) is 16.3. The van der Waals surface area contributed by atoms with E-state index in [9.17, 15) is 4.39 Å². The van der Waals surface area contributed by atoms with Gasteiger partial charge in [0.1, 0.15) is 5.82 Å². The van der Waals surface area contributed by atoms with E-state index in [1.54, 1.807) is 24.5 Å². The Balaban J connectivity index is 1.48. The van der Waals surface area contributed by atoms with Gasteiger partial charge < -0.3 is 9.80 Å². The summed E-state index contributed by atoms with van der Waals surface area (Å²) in [4.78, 5) is 8.45. The van der Waals surface area contributed by atoms with Crippen LogP contribution in [0.25, 0.3) is 0 Å². The Kier molecular flexibility index (Phi) is 5.32. The highest BCUT2D eigenvalue weighted by molar-refractivity contribution is 7.80. The van der Waals surface area contributed by atoms with Gasteiger partial charge in [-0.05, 0) is 48.6 Å². The summed E-state index contributed by atoms with van der Waals surface area (Å²) in [6.45, 7) is 3.25. The van der Waals surface area contributed by atoms with Gasteiger partial charge in [-0.2, -0.15) is 5.10 Å². The fourth-order valence-corrected chi connectivity index (χ4v) is 2.73. The third kappa shape index (κ3) is 4.26. The zero-order valence-electron chi connectivity index (χ0n) is 13.1. The summed E-state index contributed by atoms with van der Waals surface area (Å²) in [7, 11) is 0. The molecule has 1 saturated heterocycles. The fraction of sp³-hybridized carbons (Fsp3) is 0.235. The molecule has 0 unspecified atom stereocenters. The number of piperazine rings is 1. The highest BCUT2D eigenvalue weighted by Gasteiger charge is 2.18. The average Bonchev–Trinajstić information content (AvgIpc) is 2.63. The quantitative estimate of drug-likeness (QED) is 0.526. The molecule has 1 aliphatic heterocycles. The van der Waals surface area contributed by atoms with Crippen LogP contribution in [0.2, 0.25) is 0 Å². The lowest BCUT2D eigenvalue weighted by molar-refractivity contribution is 0.381. The number of aromatic nitrogens is 1. The van der Waals surface area contributed by atoms with Gasteiger partial charge in [0.05, 0.1) is 11.9 Å². The molecule has 0 aliphatic carbocycles. The van der Waals surface area contributed by atoms with Crippen molar-refractivity contribution >= 4 is 29.2 Å². The first-order valence-electron chi connectivity index (χ1n) is 7.72. The third-order valence-corrected chi connectivity index (χ3v) is 4.15. The maximum Gasteiger partial charge on any atom is 0.189 e. The van der Waals surface area contributed by atoms with E-state index in [0.29, 0.717) is 5.11 Å². The van der Waals surface area contributed by atoms with Gasteiger partial charge >= 0.3 is 0 Å². The number of hydrogen-bond donors (Lipinski definition) is 1. The van der Waals surface area contributed by atoms with Crippen LogP contribution in [-0.4, -0.2) is 47.4 Å². The third-order valence-electron chi connectivity index (χ3n) is 3.80. The number of nitrogens with zero attached hydrogens (tertiary/aromatic N) is 4. The molecule has 0 saturated carbocycles. The zero-order valence-corrected chi connectivity index (χ0v) is 13.9. The molecule has 1 aromatic carbocycles. The summed E-state index contributed by atoms with van der Waals surface area (Å²) in [6, 6.07) is 12.2. The Labute approximate surface area is 145 Å². The van der Waals surface area contributed by atoms with E-state index < -0.39 is 0 Å². The standard InChI is InChI=1S/C17H18FN5S/c18-14-4-6-16(7-5-14)22-9-11-23(12-10-22)17(24)21-20-13-15-3-1-2-8-19-15/h1-8,13H,9-12H2,(H,21,24)/b20-13-. The van der Waals surface area contributed by atoms with E-state index in [1.165, 1.54) is 12.1 Å². The molecule has 2 aromatic rings. The van der Waals surface area contributed by atoms with Crippen LogP contribution in [0.5, 0.6) is 0 Å². The van der Waals surface area contributed by atoms with Gasteiger partial charge in [-0.3, -0.25) is 10.4 Å². The molecule has 2 heterocycles. The second-order valence-corrected chi connectivity index (χ2v) is 5.77. The van der Waals surface area contributed by atoms with Crippen molar-refractivity contribution in [2.45, 2.75) is 0 Å². The van der Waals surface area contributed by atoms with Gasteiger partial charge in [0.15, 0.2) is 5.11 Å². The van der Waals surface area contributed by atoms with Gasteiger partial charge in [-0.1, -0.05) is 6.07 Å². The maximum absolute atomic E-state index is 13.0. The highest BCUT2D eigenvalue weighted by Crippen LogP contribution is 2.16. The minimum atomic E-state index is -0.214. The lowest BCUT2D eigenvalue weighted by Gasteiger charge is -2.36. The number of anilines is 1. The molecule has 0 amide bonds. The summed E-state index contributed by atoms with van der Waals surface area (Å²) in [5, 5.41) is 4.73. The zero-order chi connectivity index (χ0) is 16.8. The molecule has 0 atom stereocenters. The molecule has 3 rings (SSSR count). The van der Waals surface area contributed by atoms with Gasteiger partial charge in [0.2, 0.25) is 0 Å². The monoisotopic (exact) mass is 343 g/mol. The first-order chi connectivity index (χ1) is 11.7. The SMILES string of the molecule is Fc1ccc(N2CCN(C(=S)N/N=C\c3ccccn3)CC2)cc1. The molecular formula is C17H18FN5S. The molecule has 1 aliphatic rings. The number of halogens is 1. The predicted octanol–water partition coefficient (Wildman–Crippen LogP) is 2.25. The lowest BCUT2D eigenvalue weighted by atomic mass is 10.2. The summed E-state index contributed by atoms with van der Waals surface area (Å²) < 4.78 is 13.0. The fourth-order valence-electron chi connectivity index (χ4n) is 2.50. The van der Waals surface area contributed by atoms with Crippen molar-refractivity contribution in [3.05, 3.63) is 60.2 Å². The van der Waals surface area contributed by atoms with E-state index in [4.69, 9.17) is 12.2 Å². The van der Waals surface area contributed by atoms with Crippen molar-refractivity contribution in [1.29, 1.82) is 0 Å². The van der Waals surface area contributed by atoms with Crippen molar-refractivity contribution in [3.8, 4) is 0 Å². The summed E-state index contributed by atoms with van der Waals surface area (Å²) in [5.41, 5.74) is 4.68. The van der Waals surface area contributed by atoms with Crippen LogP contribution in [0.15, 0.2) is 53.8 Å². The second-order valence-electron chi connectivity index (χ2n) is 5.38. The van der Waals surface area contributed by atoms with E-state index in [1.807, 2.05) is 18.2 Å². The molecule has 7 heteroatoms. The summed E-state index contributed by atoms with van der Waals surface area (Å²) >= 11 is 5.37. The van der Waals surface area contributed by atoms with Crippen molar-refractivity contribution in [2.24, 2.45) is 5.10 Å². The number of hydrazone groups is 1. The van der Waals surface area contributed by atoms with Crippen LogP contribution in [0.4, 0.5) is 10.1 Å². The Morgan fingerprint density at radius 3 is 2.54 bits per heavy atom. The number of pyridine rings is 1. The highest BCUT2D eigenvalue weighted by atomic mass is 32.1. The molecule has 0 bridgehead atoms. The van der Waals surface area contributed by atoms with Crippen LogP contribution >= 0.6 is 12.2 Å². The van der Waals surface area contributed by atoms with Crippen molar-refractivity contribution in [2.75, 3.05) is 31.1 Å². The molecule has 1 fully saturated rings. The second kappa shape index (κ2) is 7.83. The minimum Gasteiger partial charge on any atom is -0.368 e. The van der Waals surface area contributed by atoms with Crippen LogP contribution in [0.3, 0.4) is 0 Å². The molecule has 124 valence electrons. The summed E-state index contributed by atoms with van der Waals surface area (Å²) in [6.07, 6.45) is 3.36.